The number of ketones is 1. The highest BCUT2D eigenvalue weighted by Crippen LogP contribution is 2.75. The van der Waals surface area contributed by atoms with Gasteiger partial charge in [-0.15, -0.1) is 6.58 Å². The third kappa shape index (κ3) is 13.4. The minimum Gasteiger partial charge on any atom is -0.458 e. The molecule has 0 aromatic rings. The molecule has 37 atom stereocenters. The maximum atomic E-state index is 14.6. The Bertz CT molecular complexity index is 2840. The molecule has 566 valence electrons. The van der Waals surface area contributed by atoms with E-state index in [0.29, 0.717) is 38.5 Å². The fourth-order valence-electron chi connectivity index (χ4n) is 19.0. The number of ether oxygens (including phenoxy) is 15. The molecule has 7 aliphatic heterocycles. The fourth-order valence-corrected chi connectivity index (χ4v) is 19.0. The van der Waals surface area contributed by atoms with Crippen molar-refractivity contribution >= 4 is 11.8 Å². The van der Waals surface area contributed by atoms with Crippen molar-refractivity contribution < 1.29 is 157 Å². The van der Waals surface area contributed by atoms with Crippen LogP contribution in [0.4, 0.5) is 0 Å². The Morgan fingerprint density at radius 1 is 0.556 bits per heavy atom. The third-order valence-electron chi connectivity index (χ3n) is 24.4. The number of allylic oxidation sites excluding steroid dienone is 3. The predicted octanol–water partition coefficient (Wildman–Crippen LogP) is -3.91. The minimum atomic E-state index is -2.08. The smallest absolute Gasteiger partial charge is 0.314 e. The Labute approximate surface area is 573 Å². The summed E-state index contributed by atoms with van der Waals surface area (Å²) in [6.07, 6.45) is -42.8. The Kier molecular flexibility index (Phi) is 23.5. The number of fused-ring (bicyclic) bond motifs is 4. The molecule has 32 heteroatoms. The normalized spacial score (nSPS) is 52.1. The van der Waals surface area contributed by atoms with Crippen LogP contribution in [0.15, 0.2) is 23.8 Å². The first-order valence-corrected chi connectivity index (χ1v) is 34.7. The molecular formula is C67H106O32. The van der Waals surface area contributed by atoms with Gasteiger partial charge in [-0.3, -0.25) is 9.59 Å². The molecule has 99 heavy (non-hydrogen) atoms. The van der Waals surface area contributed by atoms with Crippen molar-refractivity contribution in [1.82, 2.24) is 0 Å². The Balaban J connectivity index is 0.837. The third-order valence-corrected chi connectivity index (χ3v) is 24.4. The molecule has 32 nitrogen and oxygen atoms in total. The number of cyclic esters (lactones) is 1. The lowest BCUT2D eigenvalue weighted by molar-refractivity contribution is -0.397. The van der Waals surface area contributed by atoms with Crippen LogP contribution < -0.4 is 0 Å². The molecule has 11 aliphatic rings. The summed E-state index contributed by atoms with van der Waals surface area (Å²) in [6.45, 7) is 14.0. The van der Waals surface area contributed by atoms with Gasteiger partial charge in [-0.25, -0.2) is 0 Å². The number of hydrogen-bond donors (Lipinski definition) is 15. The summed E-state index contributed by atoms with van der Waals surface area (Å²) in [4.78, 5) is 29.1. The molecule has 0 aromatic heterocycles. The molecule has 4 aliphatic carbocycles. The zero-order valence-electron chi connectivity index (χ0n) is 57.4. The number of aliphatic hydroxyl groups excluding tert-OH is 15. The van der Waals surface area contributed by atoms with Crippen LogP contribution in [-0.4, -0.2) is 325 Å². The monoisotopic (exact) mass is 1420 g/mol. The van der Waals surface area contributed by atoms with Gasteiger partial charge < -0.3 is 148 Å². The fraction of sp³-hybridized carbons (Fsp3) is 0.910. The largest absolute Gasteiger partial charge is 0.458 e. The van der Waals surface area contributed by atoms with Crippen molar-refractivity contribution in [3.63, 3.8) is 0 Å². The first-order valence-electron chi connectivity index (χ1n) is 34.7. The summed E-state index contributed by atoms with van der Waals surface area (Å²) in [6, 6.07) is 0. The van der Waals surface area contributed by atoms with E-state index in [1.54, 1.807) is 0 Å². The topological polar surface area (TPSA) is 476 Å². The molecule has 10 fully saturated rings. The molecule has 7 heterocycles. The quantitative estimate of drug-likeness (QED) is 0.0280. The second kappa shape index (κ2) is 30.0. The van der Waals surface area contributed by atoms with Crippen molar-refractivity contribution in [3.8, 4) is 0 Å². The van der Waals surface area contributed by atoms with E-state index in [2.05, 4.69) is 40.3 Å². The highest BCUT2D eigenvalue weighted by Gasteiger charge is 2.79. The number of carbonyl (C=O) groups is 2. The molecule has 0 radical (unpaired) electrons. The van der Waals surface area contributed by atoms with Gasteiger partial charge in [-0.05, 0) is 100 Å². The van der Waals surface area contributed by atoms with Crippen LogP contribution in [0.5, 0.6) is 0 Å². The Morgan fingerprint density at radius 2 is 1.03 bits per heavy atom. The van der Waals surface area contributed by atoms with Crippen LogP contribution in [0.25, 0.3) is 0 Å². The lowest BCUT2D eigenvalue weighted by atomic mass is 9.41. The van der Waals surface area contributed by atoms with E-state index in [9.17, 15) is 86.2 Å². The molecule has 3 unspecified atom stereocenters. The van der Waals surface area contributed by atoms with Gasteiger partial charge in [0.05, 0.1) is 56.6 Å². The minimum absolute atomic E-state index is 0.0488. The van der Waals surface area contributed by atoms with Gasteiger partial charge in [0, 0.05) is 20.6 Å². The number of aliphatic hydroxyl groups is 15. The van der Waals surface area contributed by atoms with E-state index < -0.39 is 250 Å². The van der Waals surface area contributed by atoms with Crippen LogP contribution in [0.2, 0.25) is 0 Å². The number of Topliss-reactive ketones (excluding diaryl/α,β-unsaturated/α-hetero) is 1. The van der Waals surface area contributed by atoms with Crippen molar-refractivity contribution in [2.24, 2.45) is 39.4 Å². The predicted molar refractivity (Wildman–Crippen MR) is 331 cm³/mol. The molecule has 15 N–H and O–H groups in total. The van der Waals surface area contributed by atoms with Crippen LogP contribution in [0, 0.1) is 39.4 Å². The van der Waals surface area contributed by atoms with E-state index >= 15 is 0 Å². The molecule has 1 spiro atoms. The van der Waals surface area contributed by atoms with Crippen LogP contribution in [-0.2, 0) is 80.6 Å². The number of rotatable bonds is 22. The summed E-state index contributed by atoms with van der Waals surface area (Å²) >= 11 is 0. The van der Waals surface area contributed by atoms with Crippen molar-refractivity contribution in [3.05, 3.63) is 23.8 Å². The van der Waals surface area contributed by atoms with E-state index in [0.717, 1.165) is 18.4 Å². The summed E-state index contributed by atoms with van der Waals surface area (Å²) in [5.41, 5.74) is -1.63. The maximum absolute atomic E-state index is 14.6. The number of methoxy groups -OCH3 is 2. The summed E-state index contributed by atoms with van der Waals surface area (Å²) in [7, 11) is 2.36. The number of carbonyl (C=O) groups excluding carboxylic acids is 2. The van der Waals surface area contributed by atoms with Gasteiger partial charge >= 0.3 is 5.97 Å². The van der Waals surface area contributed by atoms with Gasteiger partial charge in [0.1, 0.15) is 146 Å². The van der Waals surface area contributed by atoms with Crippen LogP contribution in [0.1, 0.15) is 106 Å². The zero-order valence-corrected chi connectivity index (χ0v) is 57.4. The average molecular weight is 1420 g/mol. The van der Waals surface area contributed by atoms with Crippen molar-refractivity contribution in [2.45, 2.75) is 296 Å². The Morgan fingerprint density at radius 3 is 1.54 bits per heavy atom. The van der Waals surface area contributed by atoms with Gasteiger partial charge in [0.15, 0.2) is 37.7 Å². The summed E-state index contributed by atoms with van der Waals surface area (Å²) < 4.78 is 90.1. The van der Waals surface area contributed by atoms with Crippen molar-refractivity contribution in [1.29, 1.82) is 0 Å². The molecule has 0 bridgehead atoms. The number of hydrogen-bond acceptors (Lipinski definition) is 32. The summed E-state index contributed by atoms with van der Waals surface area (Å²) in [5.74, 6) is -1.04. The molecule has 0 aromatic carbocycles. The second-order valence-corrected chi connectivity index (χ2v) is 30.6. The molecule has 3 saturated carbocycles. The van der Waals surface area contributed by atoms with E-state index in [4.69, 9.17) is 71.1 Å². The highest BCUT2D eigenvalue weighted by atomic mass is 16.8. The van der Waals surface area contributed by atoms with E-state index in [1.807, 2.05) is 13.8 Å². The van der Waals surface area contributed by atoms with E-state index in [1.165, 1.54) is 26.7 Å². The molecule has 11 rings (SSSR count). The van der Waals surface area contributed by atoms with Crippen LogP contribution in [0.3, 0.4) is 0 Å². The highest BCUT2D eigenvalue weighted by molar-refractivity contribution is 5.99. The standard InChI is InChI=1S/C67H106O32/c1-26(2)12-11-17-66(8)55-30(72)20-65(7)29-13-14-36-63(4,5)37(16-18-64(36,6)28(29)15-19-67(55,65)62(84)99-66)94-61-54(42(77)35(25-87-61)93-57-47(82)52(40(75)33(23-70)89-57)96-58-45(80)50(85-9)38(73)31(21-68)90-58)98-56-44(79)43(78)49(27(3)88-56)95-60-48(83)53(41(76)34(24-71)92-60)97-59-46(81)51(86-10)39(74)32(22-69)91-59/h15,27,29,31-61,68-71,73-83H,1,11-14,16-25H2,2-10H3/t27-,29?,31-,32-,33-,34-,35-,36?,37?,38-,39-,40-,41-,42+,43-,44-,45-,46-,47-,48-,49-,50+,51+,52+,53+,54-,55-,56+,57+,58+,59+,60+,61+,64-,65+,66+,67-/m1/s1. The number of esters is 1. The van der Waals surface area contributed by atoms with E-state index in [-0.39, 0.29) is 30.0 Å². The van der Waals surface area contributed by atoms with Gasteiger partial charge in [0.2, 0.25) is 0 Å². The lowest BCUT2D eigenvalue weighted by Gasteiger charge is -2.63. The van der Waals surface area contributed by atoms with Gasteiger partial charge in [-0.1, -0.05) is 44.9 Å². The molecular weight excluding hydrogens is 1320 g/mol. The lowest BCUT2D eigenvalue weighted by Crippen LogP contribution is -2.67. The van der Waals surface area contributed by atoms with Gasteiger partial charge in [-0.2, -0.15) is 0 Å². The van der Waals surface area contributed by atoms with Gasteiger partial charge in [0.25, 0.3) is 0 Å². The van der Waals surface area contributed by atoms with Crippen LogP contribution >= 0.6 is 0 Å². The average Bonchev–Trinajstić information content (AvgIpc) is 1.51. The first kappa shape index (κ1) is 77.6. The van der Waals surface area contributed by atoms with Crippen molar-refractivity contribution in [2.75, 3.05) is 47.3 Å². The SMILES string of the molecule is C=C(C)CCC[C@]1(C)OC(=O)[C@]23CC=C4C(CCC5C(C)(C)C(O[C@@H]6OC[C@@H](O[C@@H]7O[C@H](CO)[C@@H](O)[C@H](O[C@@H]8O[C@H](CO)[C@@H](O)[C@H](OC)[C@H]8O)[C@H]7O)[C@H](O)[C@H]6O[C@@H]6O[C@H](C)[C@@H](O[C@@H]7O[C@H](CO)[C@@H](O)[C@H](O[C@@H]8O[C@H](CO)[C@@H](O)[C@H](OC)[C@H]8O)[C@H]7O)[C@H](O)[C@H]6O)CC[C@]45C)[C@]2(C)CC(=O)[C@@H]31. The zero-order chi connectivity index (χ0) is 72.1. The summed E-state index contributed by atoms with van der Waals surface area (Å²) in [5, 5.41) is 167. The first-order chi connectivity index (χ1) is 46.7. The second-order valence-electron chi connectivity index (χ2n) is 30.6. The maximum Gasteiger partial charge on any atom is 0.314 e. The molecule has 7 saturated heterocycles. The molecule has 0 amide bonds. The Hall–Kier alpha value is -2.54.